The average Bonchev–Trinajstić information content (AvgIpc) is 2.73. The molecule has 1 aliphatic carbocycles. The van der Waals surface area contributed by atoms with Gasteiger partial charge in [0.25, 0.3) is 0 Å². The SMILES string of the molecule is CC1(C(O)c2ccsc2)CCCC1. The smallest absolute Gasteiger partial charge is 0.0851 e. The van der Waals surface area contributed by atoms with Crippen LogP contribution in [-0.2, 0) is 0 Å². The summed E-state index contributed by atoms with van der Waals surface area (Å²) in [4.78, 5) is 0. The monoisotopic (exact) mass is 196 g/mol. The molecule has 1 nitrogen and oxygen atoms in total. The molecule has 13 heavy (non-hydrogen) atoms. The van der Waals surface area contributed by atoms with Crippen molar-refractivity contribution >= 4 is 11.3 Å². The second-order valence-electron chi connectivity index (χ2n) is 4.32. The van der Waals surface area contributed by atoms with Crippen molar-refractivity contribution in [2.75, 3.05) is 0 Å². The Morgan fingerprint density at radius 1 is 1.46 bits per heavy atom. The summed E-state index contributed by atoms with van der Waals surface area (Å²) in [7, 11) is 0. The minimum atomic E-state index is -0.249. The van der Waals surface area contributed by atoms with Gasteiger partial charge >= 0.3 is 0 Å². The van der Waals surface area contributed by atoms with Crippen molar-refractivity contribution in [2.24, 2.45) is 5.41 Å². The third kappa shape index (κ3) is 1.65. The maximum Gasteiger partial charge on any atom is 0.0851 e. The van der Waals surface area contributed by atoms with E-state index in [0.29, 0.717) is 0 Å². The largest absolute Gasteiger partial charge is 0.388 e. The Kier molecular flexibility index (Phi) is 2.43. The van der Waals surface area contributed by atoms with Gasteiger partial charge in [-0.1, -0.05) is 19.8 Å². The first kappa shape index (κ1) is 9.22. The lowest BCUT2D eigenvalue weighted by atomic mass is 9.80. The lowest BCUT2D eigenvalue weighted by molar-refractivity contribution is 0.0412. The van der Waals surface area contributed by atoms with E-state index in [0.717, 1.165) is 5.56 Å². The Labute approximate surface area is 83.4 Å². The fourth-order valence-electron chi connectivity index (χ4n) is 2.29. The number of aliphatic hydroxyl groups excluding tert-OH is 1. The van der Waals surface area contributed by atoms with Gasteiger partial charge in [-0.2, -0.15) is 11.3 Å². The van der Waals surface area contributed by atoms with E-state index in [4.69, 9.17) is 0 Å². The molecule has 72 valence electrons. The van der Waals surface area contributed by atoms with Crippen molar-refractivity contribution in [2.45, 2.75) is 38.7 Å². The molecule has 2 heteroatoms. The fourth-order valence-corrected chi connectivity index (χ4v) is 2.97. The van der Waals surface area contributed by atoms with Crippen molar-refractivity contribution < 1.29 is 5.11 Å². The van der Waals surface area contributed by atoms with Gasteiger partial charge in [-0.15, -0.1) is 0 Å². The molecule has 0 aromatic carbocycles. The summed E-state index contributed by atoms with van der Waals surface area (Å²) in [5.74, 6) is 0. The van der Waals surface area contributed by atoms with Gasteiger partial charge in [0.2, 0.25) is 0 Å². The standard InChI is InChI=1S/C11H16OS/c1-11(5-2-3-6-11)10(12)9-4-7-13-8-9/h4,7-8,10,12H,2-3,5-6H2,1H3. The maximum atomic E-state index is 10.2. The van der Waals surface area contributed by atoms with E-state index in [1.807, 2.05) is 11.4 Å². The van der Waals surface area contributed by atoms with Crippen LogP contribution in [0.15, 0.2) is 16.8 Å². The van der Waals surface area contributed by atoms with Crippen LogP contribution in [0.2, 0.25) is 0 Å². The molecular weight excluding hydrogens is 180 g/mol. The molecule has 1 heterocycles. The van der Waals surface area contributed by atoms with Crippen LogP contribution in [-0.4, -0.2) is 5.11 Å². The first-order valence-electron chi connectivity index (χ1n) is 4.92. The van der Waals surface area contributed by atoms with E-state index < -0.39 is 0 Å². The van der Waals surface area contributed by atoms with E-state index in [1.54, 1.807) is 11.3 Å². The first-order chi connectivity index (χ1) is 6.22. The molecule has 1 aliphatic rings. The molecule has 1 fully saturated rings. The molecule has 2 rings (SSSR count). The molecule has 1 unspecified atom stereocenters. The van der Waals surface area contributed by atoms with E-state index in [2.05, 4.69) is 12.3 Å². The molecule has 0 bridgehead atoms. The topological polar surface area (TPSA) is 20.2 Å². The highest BCUT2D eigenvalue weighted by molar-refractivity contribution is 7.07. The van der Waals surface area contributed by atoms with E-state index in [9.17, 15) is 5.11 Å². The number of aliphatic hydroxyl groups is 1. The van der Waals surface area contributed by atoms with Gasteiger partial charge in [0.05, 0.1) is 6.10 Å². The molecule has 1 aromatic heterocycles. The van der Waals surface area contributed by atoms with Gasteiger partial charge < -0.3 is 5.11 Å². The Hall–Kier alpha value is -0.340. The van der Waals surface area contributed by atoms with Gasteiger partial charge in [-0.05, 0) is 40.6 Å². The molecular formula is C11H16OS. The zero-order chi connectivity index (χ0) is 9.31. The van der Waals surface area contributed by atoms with Crippen LogP contribution in [0.25, 0.3) is 0 Å². The first-order valence-corrected chi connectivity index (χ1v) is 5.87. The van der Waals surface area contributed by atoms with Crippen LogP contribution in [0.1, 0.15) is 44.3 Å². The van der Waals surface area contributed by atoms with Crippen LogP contribution >= 0.6 is 11.3 Å². The Morgan fingerprint density at radius 3 is 2.69 bits per heavy atom. The highest BCUT2D eigenvalue weighted by Gasteiger charge is 2.36. The van der Waals surface area contributed by atoms with Gasteiger partial charge in [0.1, 0.15) is 0 Å². The van der Waals surface area contributed by atoms with Gasteiger partial charge in [-0.25, -0.2) is 0 Å². The molecule has 0 aliphatic heterocycles. The highest BCUT2D eigenvalue weighted by atomic mass is 32.1. The van der Waals surface area contributed by atoms with Crippen molar-refractivity contribution in [3.63, 3.8) is 0 Å². The second kappa shape index (κ2) is 3.43. The zero-order valence-corrected chi connectivity index (χ0v) is 8.81. The van der Waals surface area contributed by atoms with Crippen LogP contribution in [0.5, 0.6) is 0 Å². The van der Waals surface area contributed by atoms with Gasteiger partial charge in [0.15, 0.2) is 0 Å². The van der Waals surface area contributed by atoms with Crippen molar-refractivity contribution in [3.05, 3.63) is 22.4 Å². The van der Waals surface area contributed by atoms with Crippen LogP contribution < -0.4 is 0 Å². The van der Waals surface area contributed by atoms with Crippen molar-refractivity contribution in [1.82, 2.24) is 0 Å². The quantitative estimate of drug-likeness (QED) is 0.769. The third-order valence-electron chi connectivity index (χ3n) is 3.26. The highest BCUT2D eigenvalue weighted by Crippen LogP contribution is 2.47. The normalized spacial score (nSPS) is 23.2. The number of hydrogen-bond acceptors (Lipinski definition) is 2. The number of thiophene rings is 1. The van der Waals surface area contributed by atoms with Gasteiger partial charge in [-0.3, -0.25) is 0 Å². The van der Waals surface area contributed by atoms with Crippen molar-refractivity contribution in [1.29, 1.82) is 0 Å². The fraction of sp³-hybridized carbons (Fsp3) is 0.636. The van der Waals surface area contributed by atoms with Crippen LogP contribution in [0.4, 0.5) is 0 Å². The average molecular weight is 196 g/mol. The second-order valence-corrected chi connectivity index (χ2v) is 5.10. The van der Waals surface area contributed by atoms with E-state index in [1.165, 1.54) is 25.7 Å². The lowest BCUT2D eigenvalue weighted by Gasteiger charge is -2.29. The summed E-state index contributed by atoms with van der Waals surface area (Å²) in [6.07, 6.45) is 4.64. The molecule has 1 N–H and O–H groups in total. The lowest BCUT2D eigenvalue weighted by Crippen LogP contribution is -2.21. The molecule has 0 saturated heterocycles. The molecule has 0 radical (unpaired) electrons. The molecule has 1 saturated carbocycles. The Balaban J connectivity index is 2.16. The number of hydrogen-bond donors (Lipinski definition) is 1. The van der Waals surface area contributed by atoms with Crippen molar-refractivity contribution in [3.8, 4) is 0 Å². The van der Waals surface area contributed by atoms with E-state index >= 15 is 0 Å². The predicted octanol–water partition coefficient (Wildman–Crippen LogP) is 3.36. The summed E-state index contributed by atoms with van der Waals surface area (Å²) < 4.78 is 0. The summed E-state index contributed by atoms with van der Waals surface area (Å²) in [6, 6.07) is 2.04. The molecule has 1 aromatic rings. The molecule has 1 atom stereocenters. The summed E-state index contributed by atoms with van der Waals surface area (Å²) >= 11 is 1.67. The summed E-state index contributed by atoms with van der Waals surface area (Å²) in [5, 5.41) is 14.3. The Morgan fingerprint density at radius 2 is 2.15 bits per heavy atom. The minimum Gasteiger partial charge on any atom is -0.388 e. The molecule has 0 amide bonds. The van der Waals surface area contributed by atoms with Crippen LogP contribution in [0, 0.1) is 5.41 Å². The Bertz CT molecular complexity index is 260. The third-order valence-corrected chi connectivity index (χ3v) is 3.97. The maximum absolute atomic E-state index is 10.2. The molecule has 0 spiro atoms. The number of rotatable bonds is 2. The van der Waals surface area contributed by atoms with Crippen LogP contribution in [0.3, 0.4) is 0 Å². The minimum absolute atomic E-state index is 0.140. The summed E-state index contributed by atoms with van der Waals surface area (Å²) in [5.41, 5.74) is 1.25. The van der Waals surface area contributed by atoms with Gasteiger partial charge in [0, 0.05) is 0 Å². The van der Waals surface area contributed by atoms with E-state index in [-0.39, 0.29) is 11.5 Å². The predicted molar refractivity (Wildman–Crippen MR) is 55.9 cm³/mol. The summed E-state index contributed by atoms with van der Waals surface area (Å²) in [6.45, 7) is 2.21. The zero-order valence-electron chi connectivity index (χ0n) is 7.99.